The summed E-state index contributed by atoms with van der Waals surface area (Å²) in [4.78, 5) is 4.48. The van der Waals surface area contributed by atoms with Gasteiger partial charge in [0.05, 0.1) is 14.5 Å². The van der Waals surface area contributed by atoms with E-state index in [2.05, 4.69) is 61.8 Å². The van der Waals surface area contributed by atoms with Crippen LogP contribution in [0.2, 0.25) is 0 Å². The summed E-state index contributed by atoms with van der Waals surface area (Å²) in [6.45, 7) is 11.9. The zero-order valence-corrected chi connectivity index (χ0v) is 26.6. The second-order valence-electron chi connectivity index (χ2n) is 10.3. The molecule has 0 N–H and O–H groups in total. The maximum absolute atomic E-state index is 12.3. The number of benzene rings is 4. The Hall–Kier alpha value is -3.91. The second kappa shape index (κ2) is 15.2. The van der Waals surface area contributed by atoms with Crippen LogP contribution in [0.1, 0.15) is 49.9 Å². The van der Waals surface area contributed by atoms with Gasteiger partial charge in [-0.1, -0.05) is 97.1 Å². The highest BCUT2D eigenvalue weighted by Gasteiger charge is 2.47. The maximum atomic E-state index is 12.3. The molecule has 1 atom stereocenters. The minimum absolute atomic E-state index is 0.511. The van der Waals surface area contributed by atoms with Crippen LogP contribution in [0.3, 0.4) is 0 Å². The number of halogens is 1. The van der Waals surface area contributed by atoms with Crippen LogP contribution in [-0.4, -0.2) is 26.2 Å². The van der Waals surface area contributed by atoms with Gasteiger partial charge in [-0.15, -0.1) is 0 Å². The van der Waals surface area contributed by atoms with E-state index in [1.165, 1.54) is 0 Å². The highest BCUT2D eigenvalue weighted by molar-refractivity contribution is 5.81. The Labute approximate surface area is 263 Å². The van der Waals surface area contributed by atoms with Gasteiger partial charge in [0, 0.05) is 48.7 Å². The third-order valence-corrected chi connectivity index (χ3v) is 8.26. The summed E-state index contributed by atoms with van der Waals surface area (Å²) >= 11 is 0. The fourth-order valence-corrected chi connectivity index (χ4v) is 6.04. The van der Waals surface area contributed by atoms with Crippen LogP contribution < -0.4 is 23.8 Å². The molecule has 0 fully saturated rings. The standard InChI is InChI=1S/C37H41ClN2O4/c1-5-39(6-2)34-25-21-31(22-26-34)36(30-16-11-9-12-17-30)20-15-29-37(44-38(41,42)43,32-18-13-10-14-19-32)33-23-27-35(28-24-33)40(7-3)8-4/h9-29H,5-8H2,1-4H3. The number of anilines is 2. The summed E-state index contributed by atoms with van der Waals surface area (Å²) in [6.07, 6.45) is 5.35. The molecule has 0 heterocycles. The van der Waals surface area contributed by atoms with Gasteiger partial charge in [0.15, 0.2) is 0 Å². The van der Waals surface area contributed by atoms with Crippen molar-refractivity contribution in [3.63, 3.8) is 0 Å². The van der Waals surface area contributed by atoms with Crippen LogP contribution in [0, 0.1) is 10.2 Å². The number of allylic oxidation sites excluding steroid dienone is 2. The van der Waals surface area contributed by atoms with Crippen LogP contribution >= 0.6 is 0 Å². The molecular formula is C37H41ClN2O4. The molecular weight excluding hydrogens is 572 g/mol. The molecule has 0 saturated heterocycles. The van der Waals surface area contributed by atoms with E-state index in [0.29, 0.717) is 11.1 Å². The van der Waals surface area contributed by atoms with Gasteiger partial charge < -0.3 is 9.80 Å². The van der Waals surface area contributed by atoms with Crippen molar-refractivity contribution in [1.82, 2.24) is 0 Å². The highest BCUT2D eigenvalue weighted by atomic mass is 35.7. The zero-order valence-electron chi connectivity index (χ0n) is 25.9. The topological polar surface area (TPSA) is 84.9 Å². The van der Waals surface area contributed by atoms with Gasteiger partial charge in [0.1, 0.15) is 0 Å². The summed E-state index contributed by atoms with van der Waals surface area (Å²) in [5, 5.41) is 0. The van der Waals surface area contributed by atoms with Gasteiger partial charge in [-0.25, -0.2) is 0 Å². The van der Waals surface area contributed by atoms with Gasteiger partial charge in [-0.3, -0.25) is 0 Å². The maximum Gasteiger partial charge on any atom is 0.292 e. The number of nitrogens with zero attached hydrogens (tertiary/aromatic N) is 2. The molecule has 0 spiro atoms. The largest absolute Gasteiger partial charge is 0.372 e. The van der Waals surface area contributed by atoms with Crippen molar-refractivity contribution in [2.75, 3.05) is 36.0 Å². The number of hydrogen-bond acceptors (Lipinski definition) is 6. The molecule has 0 aliphatic carbocycles. The van der Waals surface area contributed by atoms with Crippen LogP contribution in [0.5, 0.6) is 0 Å². The quantitative estimate of drug-likeness (QED) is 0.182. The SMILES string of the molecule is CCN(CC)c1ccc(C(=CC=CC(O[Cl+3]([O-])([O-])[O-])(c2ccccc2)c2ccc(N(CC)CC)cc2)c2ccccc2)cc1. The molecule has 4 rings (SSSR count). The van der Waals surface area contributed by atoms with E-state index in [1.54, 1.807) is 36.4 Å². The predicted octanol–water partition coefficient (Wildman–Crippen LogP) is 5.22. The van der Waals surface area contributed by atoms with Crippen LogP contribution in [-0.2, 0) is 9.89 Å². The first kappa shape index (κ1) is 33.0. The summed E-state index contributed by atoms with van der Waals surface area (Å²) < 4.78 is 42.3. The van der Waals surface area contributed by atoms with E-state index in [9.17, 15) is 14.0 Å². The lowest BCUT2D eigenvalue weighted by Crippen LogP contribution is -2.63. The molecule has 0 aliphatic heterocycles. The Balaban J connectivity index is 1.87. The first-order chi connectivity index (χ1) is 21.2. The lowest BCUT2D eigenvalue weighted by molar-refractivity contribution is -1.92. The van der Waals surface area contributed by atoms with Gasteiger partial charge in [0.2, 0.25) is 0 Å². The molecule has 44 heavy (non-hydrogen) atoms. The van der Waals surface area contributed by atoms with Crippen molar-refractivity contribution >= 4 is 16.9 Å². The Morgan fingerprint density at radius 1 is 0.614 bits per heavy atom. The zero-order chi connectivity index (χ0) is 31.6. The van der Waals surface area contributed by atoms with Crippen molar-refractivity contribution in [2.24, 2.45) is 0 Å². The molecule has 0 aliphatic rings. The molecule has 0 radical (unpaired) electrons. The molecule has 6 nitrogen and oxygen atoms in total. The molecule has 230 valence electrons. The predicted molar refractivity (Wildman–Crippen MR) is 171 cm³/mol. The lowest BCUT2D eigenvalue weighted by atomic mass is 9.85. The van der Waals surface area contributed by atoms with Crippen molar-refractivity contribution < 1.29 is 28.5 Å². The lowest BCUT2D eigenvalue weighted by Gasteiger charge is -2.29. The second-order valence-corrected chi connectivity index (χ2v) is 11.2. The van der Waals surface area contributed by atoms with Gasteiger partial charge in [0.25, 0.3) is 5.60 Å². The van der Waals surface area contributed by atoms with Crippen LogP contribution in [0.25, 0.3) is 5.57 Å². The van der Waals surface area contributed by atoms with Crippen molar-refractivity contribution in [2.45, 2.75) is 33.3 Å². The Morgan fingerprint density at radius 3 is 1.52 bits per heavy atom. The Morgan fingerprint density at radius 2 is 1.05 bits per heavy atom. The van der Waals surface area contributed by atoms with Crippen LogP contribution in [0.15, 0.2) is 127 Å². The van der Waals surface area contributed by atoms with E-state index in [-0.39, 0.29) is 0 Å². The van der Waals surface area contributed by atoms with Gasteiger partial charge in [-0.05, 0) is 74.7 Å². The van der Waals surface area contributed by atoms with Gasteiger partial charge >= 0.3 is 0 Å². The number of rotatable bonds is 14. The molecule has 0 bridgehead atoms. The fourth-order valence-electron chi connectivity index (χ4n) is 5.51. The van der Waals surface area contributed by atoms with Crippen molar-refractivity contribution in [3.05, 3.63) is 150 Å². The van der Waals surface area contributed by atoms with E-state index in [4.69, 9.17) is 4.29 Å². The highest BCUT2D eigenvalue weighted by Crippen LogP contribution is 2.38. The number of hydrogen-bond donors (Lipinski definition) is 0. The molecule has 4 aromatic carbocycles. The van der Waals surface area contributed by atoms with Crippen molar-refractivity contribution in [1.29, 1.82) is 0 Å². The molecule has 0 aromatic heterocycles. The Bertz CT molecular complexity index is 1490. The summed E-state index contributed by atoms with van der Waals surface area (Å²) in [5.41, 5.74) is 4.40. The molecule has 1 unspecified atom stereocenters. The van der Waals surface area contributed by atoms with Crippen LogP contribution in [0.4, 0.5) is 11.4 Å². The van der Waals surface area contributed by atoms with Crippen molar-refractivity contribution in [3.8, 4) is 0 Å². The third-order valence-electron chi connectivity index (χ3n) is 7.83. The molecule has 0 amide bonds. The minimum Gasteiger partial charge on any atom is -0.372 e. The van der Waals surface area contributed by atoms with E-state index < -0.39 is 15.8 Å². The van der Waals surface area contributed by atoms with E-state index in [1.807, 2.05) is 66.7 Å². The summed E-state index contributed by atoms with van der Waals surface area (Å²) in [5.74, 6) is 0. The average Bonchev–Trinajstić information content (AvgIpc) is 3.05. The molecule has 0 saturated carbocycles. The average molecular weight is 613 g/mol. The Kier molecular flexibility index (Phi) is 11.4. The third kappa shape index (κ3) is 7.97. The molecule has 4 aromatic rings. The van der Waals surface area contributed by atoms with Gasteiger partial charge in [-0.2, -0.15) is 14.0 Å². The summed E-state index contributed by atoms with van der Waals surface area (Å²) in [6, 6.07) is 34.8. The van der Waals surface area contributed by atoms with E-state index in [0.717, 1.165) is 54.3 Å². The van der Waals surface area contributed by atoms with E-state index >= 15 is 0 Å². The fraction of sp³-hybridized carbons (Fsp3) is 0.243. The summed E-state index contributed by atoms with van der Waals surface area (Å²) in [7, 11) is -4.80. The minimum atomic E-state index is -4.80. The smallest absolute Gasteiger partial charge is 0.292 e. The molecule has 7 heteroatoms. The first-order valence-corrected chi connectivity index (χ1v) is 16.3. The normalized spacial score (nSPS) is 13.6. The first-order valence-electron chi connectivity index (χ1n) is 15.1. The monoisotopic (exact) mass is 612 g/mol.